The molecule has 0 amide bonds. The first kappa shape index (κ1) is 13.9. The number of anilines is 1. The molecule has 108 valence electrons. The highest BCUT2D eigenvalue weighted by Crippen LogP contribution is 2.41. The van der Waals surface area contributed by atoms with Gasteiger partial charge in [0.2, 0.25) is 0 Å². The van der Waals surface area contributed by atoms with E-state index in [1.165, 1.54) is 36.1 Å². The number of halogens is 1. The maximum Gasteiger partial charge on any atom is 0.292 e. The molecule has 0 atom stereocenters. The third-order valence-electron chi connectivity index (χ3n) is 3.70. The van der Waals surface area contributed by atoms with Gasteiger partial charge in [-0.3, -0.25) is 10.1 Å². The third kappa shape index (κ3) is 3.16. The summed E-state index contributed by atoms with van der Waals surface area (Å²) in [6, 6.07) is 12.8. The van der Waals surface area contributed by atoms with Gasteiger partial charge in [-0.25, -0.2) is 0 Å². The van der Waals surface area contributed by atoms with Gasteiger partial charge in [0, 0.05) is 17.6 Å². The molecule has 0 spiro atoms. The van der Waals surface area contributed by atoms with Crippen molar-refractivity contribution in [1.82, 2.24) is 0 Å². The summed E-state index contributed by atoms with van der Waals surface area (Å²) < 4.78 is 0. The maximum atomic E-state index is 11.1. The Bertz CT molecular complexity index is 684. The van der Waals surface area contributed by atoms with E-state index >= 15 is 0 Å². The van der Waals surface area contributed by atoms with Crippen molar-refractivity contribution in [2.45, 2.75) is 25.3 Å². The lowest BCUT2D eigenvalue weighted by molar-refractivity contribution is -0.384. The molecule has 1 saturated carbocycles. The molecule has 1 N–H and O–H groups in total. The average molecular weight is 303 g/mol. The van der Waals surface area contributed by atoms with E-state index in [-0.39, 0.29) is 5.69 Å². The van der Waals surface area contributed by atoms with E-state index in [0.717, 1.165) is 0 Å². The summed E-state index contributed by atoms with van der Waals surface area (Å²) in [5, 5.41) is 14.7. The Morgan fingerprint density at radius 1 is 1.24 bits per heavy atom. The van der Waals surface area contributed by atoms with E-state index < -0.39 is 4.92 Å². The summed E-state index contributed by atoms with van der Waals surface area (Å²) in [6.07, 6.45) is 2.46. The van der Waals surface area contributed by atoms with Crippen molar-refractivity contribution in [3.8, 4) is 0 Å². The second-order valence-electron chi connectivity index (χ2n) is 5.25. The van der Waals surface area contributed by atoms with E-state index in [4.69, 9.17) is 11.6 Å². The molecule has 0 saturated heterocycles. The molecule has 3 rings (SSSR count). The fraction of sp³-hybridized carbons (Fsp3) is 0.250. The molecule has 1 aliphatic carbocycles. The summed E-state index contributed by atoms with van der Waals surface area (Å²) in [5.41, 5.74) is 3.03. The van der Waals surface area contributed by atoms with Gasteiger partial charge < -0.3 is 5.32 Å². The van der Waals surface area contributed by atoms with Crippen LogP contribution in [0.4, 0.5) is 11.4 Å². The summed E-state index contributed by atoms with van der Waals surface area (Å²) in [6.45, 7) is 0.563. The van der Waals surface area contributed by atoms with Crippen molar-refractivity contribution < 1.29 is 4.92 Å². The minimum Gasteiger partial charge on any atom is -0.375 e. The van der Waals surface area contributed by atoms with Crippen LogP contribution in [0.25, 0.3) is 0 Å². The number of benzene rings is 2. The first-order valence-corrected chi connectivity index (χ1v) is 7.28. The lowest BCUT2D eigenvalue weighted by Crippen LogP contribution is -2.04. The first-order valence-electron chi connectivity index (χ1n) is 6.91. The molecule has 0 aliphatic heterocycles. The minimum absolute atomic E-state index is 0.0447. The van der Waals surface area contributed by atoms with Crippen molar-refractivity contribution in [3.05, 3.63) is 68.7 Å². The largest absolute Gasteiger partial charge is 0.375 e. The van der Waals surface area contributed by atoms with Gasteiger partial charge in [-0.2, -0.15) is 0 Å². The van der Waals surface area contributed by atoms with Crippen LogP contribution in [0.2, 0.25) is 5.02 Å². The molecule has 5 heteroatoms. The number of nitrogens with one attached hydrogen (secondary N) is 1. The zero-order chi connectivity index (χ0) is 14.8. The quantitative estimate of drug-likeness (QED) is 0.641. The molecule has 1 aliphatic rings. The maximum absolute atomic E-state index is 11.1. The van der Waals surface area contributed by atoms with Crippen LogP contribution < -0.4 is 5.32 Å². The van der Waals surface area contributed by atoms with Gasteiger partial charge in [-0.05, 0) is 42.0 Å². The average Bonchev–Trinajstić information content (AvgIpc) is 3.29. The van der Waals surface area contributed by atoms with Gasteiger partial charge in [-0.1, -0.05) is 35.9 Å². The third-order valence-corrected chi connectivity index (χ3v) is 3.93. The van der Waals surface area contributed by atoms with Crippen LogP contribution >= 0.6 is 11.6 Å². The Morgan fingerprint density at radius 3 is 2.71 bits per heavy atom. The number of rotatable bonds is 5. The van der Waals surface area contributed by atoms with Crippen LogP contribution in [0.5, 0.6) is 0 Å². The molecule has 2 aromatic carbocycles. The van der Waals surface area contributed by atoms with Crippen LogP contribution in [0.15, 0.2) is 42.5 Å². The topological polar surface area (TPSA) is 55.2 Å². The van der Waals surface area contributed by atoms with E-state index in [9.17, 15) is 10.1 Å². The highest BCUT2D eigenvalue weighted by atomic mass is 35.5. The smallest absolute Gasteiger partial charge is 0.292 e. The SMILES string of the molecule is O=[N+]([O-])c1ccc(Cl)cc1NCc1ccccc1C1CC1. The number of nitro benzene ring substituents is 1. The monoisotopic (exact) mass is 302 g/mol. The van der Waals surface area contributed by atoms with Gasteiger partial charge in [0.25, 0.3) is 5.69 Å². The van der Waals surface area contributed by atoms with Crippen molar-refractivity contribution >= 4 is 23.0 Å². The Kier molecular flexibility index (Phi) is 3.80. The van der Waals surface area contributed by atoms with Crippen LogP contribution in [-0.2, 0) is 6.54 Å². The fourth-order valence-corrected chi connectivity index (χ4v) is 2.66. The highest BCUT2D eigenvalue weighted by Gasteiger charge is 2.25. The number of hydrogen-bond acceptors (Lipinski definition) is 3. The summed E-state index contributed by atoms with van der Waals surface area (Å²) in [4.78, 5) is 10.7. The number of nitro groups is 1. The second-order valence-corrected chi connectivity index (χ2v) is 5.68. The molecular formula is C16H15ClN2O2. The van der Waals surface area contributed by atoms with Crippen molar-refractivity contribution in [3.63, 3.8) is 0 Å². The first-order chi connectivity index (χ1) is 10.1. The Balaban J connectivity index is 1.82. The molecule has 21 heavy (non-hydrogen) atoms. The van der Waals surface area contributed by atoms with Crippen molar-refractivity contribution in [2.24, 2.45) is 0 Å². The van der Waals surface area contributed by atoms with Gasteiger partial charge in [0.05, 0.1) is 4.92 Å². The summed E-state index contributed by atoms with van der Waals surface area (Å²) >= 11 is 5.93. The Labute approximate surface area is 127 Å². The van der Waals surface area contributed by atoms with Gasteiger partial charge in [-0.15, -0.1) is 0 Å². The minimum atomic E-state index is -0.397. The fourth-order valence-electron chi connectivity index (χ4n) is 2.49. The van der Waals surface area contributed by atoms with Gasteiger partial charge >= 0.3 is 0 Å². The van der Waals surface area contributed by atoms with Crippen LogP contribution in [-0.4, -0.2) is 4.92 Å². The number of hydrogen-bond donors (Lipinski definition) is 1. The predicted octanol–water partition coefficient (Wildman–Crippen LogP) is 4.74. The normalized spacial score (nSPS) is 14.0. The number of nitrogens with zero attached hydrogens (tertiary/aromatic N) is 1. The van der Waals surface area contributed by atoms with Gasteiger partial charge in [0.1, 0.15) is 5.69 Å². The zero-order valence-electron chi connectivity index (χ0n) is 11.4. The molecule has 0 radical (unpaired) electrons. The Morgan fingerprint density at radius 2 is 2.00 bits per heavy atom. The summed E-state index contributed by atoms with van der Waals surface area (Å²) in [7, 11) is 0. The predicted molar refractivity (Wildman–Crippen MR) is 83.9 cm³/mol. The van der Waals surface area contributed by atoms with Crippen LogP contribution in [0.3, 0.4) is 0 Å². The molecule has 4 nitrogen and oxygen atoms in total. The molecule has 0 unspecified atom stereocenters. The Hall–Kier alpha value is -2.07. The molecule has 0 heterocycles. The van der Waals surface area contributed by atoms with E-state index in [2.05, 4.69) is 17.4 Å². The zero-order valence-corrected chi connectivity index (χ0v) is 12.1. The van der Waals surface area contributed by atoms with Crippen molar-refractivity contribution in [1.29, 1.82) is 0 Å². The van der Waals surface area contributed by atoms with Crippen LogP contribution in [0, 0.1) is 10.1 Å². The highest BCUT2D eigenvalue weighted by molar-refractivity contribution is 6.31. The standard InChI is InChI=1S/C16H15ClN2O2/c17-13-7-8-16(19(20)21)15(9-13)18-10-12-3-1-2-4-14(12)11-5-6-11/h1-4,7-9,11,18H,5-6,10H2. The molecule has 0 aromatic heterocycles. The lowest BCUT2D eigenvalue weighted by atomic mass is 10.0. The van der Waals surface area contributed by atoms with Crippen LogP contribution in [0.1, 0.15) is 29.9 Å². The lowest BCUT2D eigenvalue weighted by Gasteiger charge is -2.11. The van der Waals surface area contributed by atoms with E-state index in [1.807, 2.05) is 12.1 Å². The second kappa shape index (κ2) is 5.74. The van der Waals surface area contributed by atoms with Gasteiger partial charge in [0.15, 0.2) is 0 Å². The van der Waals surface area contributed by atoms with Crippen molar-refractivity contribution in [2.75, 3.05) is 5.32 Å². The van der Waals surface area contributed by atoms with E-state index in [0.29, 0.717) is 23.2 Å². The van der Waals surface area contributed by atoms with E-state index in [1.54, 1.807) is 6.07 Å². The molecule has 0 bridgehead atoms. The molecular weight excluding hydrogens is 288 g/mol. The molecule has 2 aromatic rings. The molecule has 1 fully saturated rings. The summed E-state index contributed by atoms with van der Waals surface area (Å²) in [5.74, 6) is 0.650.